The summed E-state index contributed by atoms with van der Waals surface area (Å²) in [6.45, 7) is 5.99. The highest BCUT2D eigenvalue weighted by molar-refractivity contribution is 6.44. The lowest BCUT2D eigenvalue weighted by Gasteiger charge is -2.18. The largest absolute Gasteiger partial charge is 0.112 e. The molecule has 7 heavy (non-hydrogen) atoms. The predicted octanol–water partition coefficient (Wildman–Crippen LogP) is 2.84. The van der Waals surface area contributed by atoms with Crippen molar-refractivity contribution in [2.45, 2.75) is 25.6 Å². The minimum Gasteiger partial charge on any atom is -0.105 e. The summed E-state index contributed by atoms with van der Waals surface area (Å²) in [5.74, 6) is 0. The second-order valence-corrected chi connectivity index (χ2v) is 3.76. The number of halogens is 2. The quantitative estimate of drug-likeness (QED) is 0.455. The monoisotopic (exact) mass is 140 g/mol. The van der Waals surface area contributed by atoms with Gasteiger partial charge in [-0.2, -0.15) is 0 Å². The van der Waals surface area contributed by atoms with Crippen molar-refractivity contribution in [3.8, 4) is 0 Å². The first kappa shape index (κ1) is 7.58. The van der Waals surface area contributed by atoms with Crippen LogP contribution in [-0.2, 0) is 0 Å². The summed E-state index contributed by atoms with van der Waals surface area (Å²) < 4.78 is 0. The molecule has 2 heteroatoms. The van der Waals surface area contributed by atoms with E-state index in [1.165, 1.54) is 0 Å². The van der Waals surface area contributed by atoms with Gasteiger partial charge in [-0.1, -0.05) is 20.8 Å². The van der Waals surface area contributed by atoms with Crippen molar-refractivity contribution in [2.75, 3.05) is 0 Å². The highest BCUT2D eigenvalue weighted by Gasteiger charge is 2.18. The molecule has 0 amide bonds. The topological polar surface area (TPSA) is 0 Å². The van der Waals surface area contributed by atoms with E-state index in [1.54, 1.807) is 0 Å². The van der Waals surface area contributed by atoms with Crippen LogP contribution >= 0.6 is 23.2 Å². The van der Waals surface area contributed by atoms with Crippen LogP contribution in [0.4, 0.5) is 0 Å². The van der Waals surface area contributed by atoms with Gasteiger partial charge in [0.1, 0.15) is 4.84 Å². The first-order valence-corrected chi connectivity index (χ1v) is 3.10. The van der Waals surface area contributed by atoms with Gasteiger partial charge in [0, 0.05) is 0 Å². The zero-order chi connectivity index (χ0) is 6.08. The van der Waals surface area contributed by atoms with Crippen molar-refractivity contribution in [1.82, 2.24) is 0 Å². The molecule has 0 heterocycles. The Bertz CT molecular complexity index is 51.6. The summed E-state index contributed by atoms with van der Waals surface area (Å²) in [5, 5.41) is 0. The third-order valence-corrected chi connectivity index (χ3v) is 1.96. The molecule has 0 atom stereocenters. The van der Waals surface area contributed by atoms with E-state index < -0.39 is 0 Å². The van der Waals surface area contributed by atoms with Crippen LogP contribution < -0.4 is 0 Å². The Morgan fingerprint density at radius 1 is 1.14 bits per heavy atom. The maximum absolute atomic E-state index is 5.52. The molecule has 44 valence electrons. The fourth-order valence-corrected chi connectivity index (χ4v) is 0. The van der Waals surface area contributed by atoms with Crippen molar-refractivity contribution < 1.29 is 0 Å². The second-order valence-electron chi connectivity index (χ2n) is 2.67. The van der Waals surface area contributed by atoms with E-state index in [0.29, 0.717) is 0 Å². The van der Waals surface area contributed by atoms with Crippen molar-refractivity contribution in [3.63, 3.8) is 0 Å². The SMILES string of the molecule is CC(C)(C)C(Cl)Cl. The Labute approximate surface area is 54.8 Å². The lowest BCUT2D eigenvalue weighted by molar-refractivity contribution is 0.451. The minimum absolute atomic E-state index is 0.0309. The summed E-state index contributed by atoms with van der Waals surface area (Å²) >= 11 is 11.0. The molecular weight excluding hydrogens is 131 g/mol. The summed E-state index contributed by atoms with van der Waals surface area (Å²) in [5.41, 5.74) is 0.0309. The first-order chi connectivity index (χ1) is 2.94. The summed E-state index contributed by atoms with van der Waals surface area (Å²) in [6.07, 6.45) is 0. The second kappa shape index (κ2) is 2.23. The molecular formula is C5H10Cl2. The molecule has 0 radical (unpaired) electrons. The molecule has 0 nitrogen and oxygen atoms in total. The Morgan fingerprint density at radius 2 is 1.29 bits per heavy atom. The van der Waals surface area contributed by atoms with Gasteiger partial charge >= 0.3 is 0 Å². The van der Waals surface area contributed by atoms with Crippen LogP contribution in [0, 0.1) is 5.41 Å². The average Bonchev–Trinajstić information content (AvgIpc) is 1.31. The van der Waals surface area contributed by atoms with Crippen LogP contribution in [0.5, 0.6) is 0 Å². The van der Waals surface area contributed by atoms with E-state index in [9.17, 15) is 0 Å². The maximum Gasteiger partial charge on any atom is 0.112 e. The fraction of sp³-hybridized carbons (Fsp3) is 1.00. The lowest BCUT2D eigenvalue weighted by Crippen LogP contribution is -2.13. The van der Waals surface area contributed by atoms with Crippen LogP contribution in [0.3, 0.4) is 0 Å². The number of alkyl halides is 2. The molecule has 0 unspecified atom stereocenters. The van der Waals surface area contributed by atoms with E-state index in [4.69, 9.17) is 23.2 Å². The fourth-order valence-electron chi connectivity index (χ4n) is 0. The van der Waals surface area contributed by atoms with Crippen LogP contribution in [-0.4, -0.2) is 4.84 Å². The van der Waals surface area contributed by atoms with Gasteiger partial charge in [0.25, 0.3) is 0 Å². The molecule has 0 aliphatic heterocycles. The van der Waals surface area contributed by atoms with E-state index in [-0.39, 0.29) is 10.3 Å². The van der Waals surface area contributed by atoms with Crippen molar-refractivity contribution in [1.29, 1.82) is 0 Å². The molecule has 0 rings (SSSR count). The zero-order valence-electron chi connectivity index (χ0n) is 4.83. The van der Waals surface area contributed by atoms with E-state index in [0.717, 1.165) is 0 Å². The summed E-state index contributed by atoms with van der Waals surface area (Å²) in [4.78, 5) is -0.257. The molecule has 0 saturated heterocycles. The molecule has 0 saturated carbocycles. The van der Waals surface area contributed by atoms with Gasteiger partial charge < -0.3 is 0 Å². The van der Waals surface area contributed by atoms with Gasteiger partial charge in [0.05, 0.1) is 0 Å². The lowest BCUT2D eigenvalue weighted by atomic mass is 10.0. The van der Waals surface area contributed by atoms with Gasteiger partial charge in [-0.05, 0) is 5.41 Å². The van der Waals surface area contributed by atoms with Crippen LogP contribution in [0.25, 0.3) is 0 Å². The molecule has 0 aromatic rings. The Balaban J connectivity index is 3.54. The van der Waals surface area contributed by atoms with Gasteiger partial charge in [-0.25, -0.2) is 0 Å². The van der Waals surface area contributed by atoms with E-state index in [2.05, 4.69) is 0 Å². The molecule has 0 fully saturated rings. The summed E-state index contributed by atoms with van der Waals surface area (Å²) in [6, 6.07) is 0. The third-order valence-electron chi connectivity index (χ3n) is 0.655. The van der Waals surface area contributed by atoms with Crippen LogP contribution in [0.2, 0.25) is 0 Å². The number of rotatable bonds is 0. The van der Waals surface area contributed by atoms with Gasteiger partial charge in [-0.3, -0.25) is 0 Å². The van der Waals surface area contributed by atoms with Gasteiger partial charge in [-0.15, -0.1) is 23.2 Å². The smallest absolute Gasteiger partial charge is 0.105 e. The maximum atomic E-state index is 5.52. The summed E-state index contributed by atoms with van der Waals surface area (Å²) in [7, 11) is 0. The third kappa shape index (κ3) is 3.19. The molecule has 0 spiro atoms. The van der Waals surface area contributed by atoms with Crippen molar-refractivity contribution in [2.24, 2.45) is 5.41 Å². The molecule has 0 bridgehead atoms. The van der Waals surface area contributed by atoms with Gasteiger partial charge in [0.15, 0.2) is 0 Å². The van der Waals surface area contributed by atoms with Crippen LogP contribution in [0.1, 0.15) is 20.8 Å². The van der Waals surface area contributed by atoms with E-state index >= 15 is 0 Å². The Kier molecular flexibility index (Phi) is 2.42. The van der Waals surface area contributed by atoms with Gasteiger partial charge in [0.2, 0.25) is 0 Å². The normalized spacial score (nSPS) is 12.9. The molecule has 0 aromatic heterocycles. The number of hydrogen-bond acceptors (Lipinski definition) is 0. The highest BCUT2D eigenvalue weighted by atomic mass is 35.5. The molecule has 0 N–H and O–H groups in total. The molecule has 0 aromatic carbocycles. The van der Waals surface area contributed by atoms with Crippen molar-refractivity contribution in [3.05, 3.63) is 0 Å². The zero-order valence-corrected chi connectivity index (χ0v) is 6.35. The Hall–Kier alpha value is 0.580. The van der Waals surface area contributed by atoms with E-state index in [1.807, 2.05) is 20.8 Å². The minimum atomic E-state index is -0.257. The average molecular weight is 141 g/mol. The highest BCUT2D eigenvalue weighted by Crippen LogP contribution is 2.26. The Morgan fingerprint density at radius 3 is 1.29 bits per heavy atom. The first-order valence-electron chi connectivity index (χ1n) is 2.23. The molecule has 0 aliphatic rings. The molecule has 0 aliphatic carbocycles. The predicted molar refractivity (Wildman–Crippen MR) is 34.9 cm³/mol. The number of hydrogen-bond donors (Lipinski definition) is 0. The van der Waals surface area contributed by atoms with Crippen LogP contribution in [0.15, 0.2) is 0 Å². The van der Waals surface area contributed by atoms with Crippen molar-refractivity contribution >= 4 is 23.2 Å². The standard InChI is InChI=1S/C5H10Cl2/c1-5(2,3)4(6)7/h4H,1-3H3.